The standard InChI is InChI=1S/C37H54Cl2N6O2.CH4O/c1-7-10-13-32(9-3)45-16-11-12-29-22-44(23-34(29)45)26(5)35(25(4)19-31(38)8-2)41-27(6)42-37(47)30-20-33(39)36(40-21-30)43-17-14-28(24-46)15-18-43;1-2/h8,19-21,24,28-29,32,34H,7,9-18,22-23H2,1-6H3,(H,41,42,47);2H,1H3/b25-19+,31-8+,35-26+;. The highest BCUT2D eigenvalue weighted by Crippen LogP contribution is 2.36. The number of hydrogen-bond acceptors (Lipinski definition) is 8. The second-order valence-electron chi connectivity index (χ2n) is 13.4. The molecular weight excluding hydrogens is 659 g/mol. The van der Waals surface area contributed by atoms with Crippen molar-refractivity contribution in [3.8, 4) is 0 Å². The third-order valence-electron chi connectivity index (χ3n) is 10.2. The van der Waals surface area contributed by atoms with Gasteiger partial charge in [-0.1, -0.05) is 56.0 Å². The predicted octanol–water partition coefficient (Wildman–Crippen LogP) is 7.59. The highest BCUT2D eigenvalue weighted by Gasteiger charge is 2.41. The van der Waals surface area contributed by atoms with E-state index in [2.05, 4.69) is 45.8 Å². The molecule has 3 aliphatic rings. The molecule has 49 heavy (non-hydrogen) atoms. The summed E-state index contributed by atoms with van der Waals surface area (Å²) in [6.45, 7) is 17.1. The highest BCUT2D eigenvalue weighted by molar-refractivity contribution is 6.33. The number of carbonyl (C=O) groups excluding carboxylic acids is 2. The van der Waals surface area contributed by atoms with Gasteiger partial charge < -0.3 is 25.0 Å². The number of halogens is 2. The lowest BCUT2D eigenvalue weighted by atomic mass is 9.89. The van der Waals surface area contributed by atoms with Crippen LogP contribution in [0.15, 0.2) is 51.4 Å². The van der Waals surface area contributed by atoms with E-state index in [0.29, 0.717) is 58.4 Å². The Labute approximate surface area is 304 Å². The summed E-state index contributed by atoms with van der Waals surface area (Å²) in [5.74, 6) is 1.52. The number of aromatic nitrogens is 1. The average Bonchev–Trinajstić information content (AvgIpc) is 3.56. The Morgan fingerprint density at radius 3 is 2.47 bits per heavy atom. The van der Waals surface area contributed by atoms with Gasteiger partial charge in [0.1, 0.15) is 17.9 Å². The van der Waals surface area contributed by atoms with E-state index in [1.165, 1.54) is 45.1 Å². The van der Waals surface area contributed by atoms with Crippen molar-refractivity contribution in [1.82, 2.24) is 20.1 Å². The summed E-state index contributed by atoms with van der Waals surface area (Å²) in [7, 11) is 1.00. The highest BCUT2D eigenvalue weighted by atomic mass is 35.5. The SMILES string of the molecule is CO.C\C=C(Cl)/C=C(C)/C(N=C(C)NC(=O)c1cnc(N2CCC(C=O)CC2)c(Cl)c1)=C(/C)N1CC2CCCN(C(CC)CCCC)C2C1. The molecule has 3 atom stereocenters. The molecule has 4 heterocycles. The monoisotopic (exact) mass is 716 g/mol. The number of amides is 1. The zero-order chi connectivity index (χ0) is 36.1. The number of carbonyl (C=O) groups is 2. The van der Waals surface area contributed by atoms with Crippen LogP contribution in [0, 0.1) is 11.8 Å². The zero-order valence-electron chi connectivity index (χ0n) is 30.6. The summed E-state index contributed by atoms with van der Waals surface area (Å²) in [4.78, 5) is 41.4. The molecule has 1 aromatic heterocycles. The molecule has 11 heteroatoms. The van der Waals surface area contributed by atoms with Gasteiger partial charge in [-0.3, -0.25) is 9.69 Å². The van der Waals surface area contributed by atoms with E-state index in [-0.39, 0.29) is 11.8 Å². The second kappa shape index (κ2) is 20.2. The maximum absolute atomic E-state index is 13.3. The summed E-state index contributed by atoms with van der Waals surface area (Å²) < 4.78 is 0. The van der Waals surface area contributed by atoms with Crippen LogP contribution in [0.5, 0.6) is 0 Å². The summed E-state index contributed by atoms with van der Waals surface area (Å²) >= 11 is 13.1. The fraction of sp³-hybridized carbons (Fsp3) is 0.632. The molecule has 3 saturated heterocycles. The first-order valence-electron chi connectivity index (χ1n) is 18.0. The topological polar surface area (TPSA) is 101 Å². The predicted molar refractivity (Wildman–Crippen MR) is 203 cm³/mol. The summed E-state index contributed by atoms with van der Waals surface area (Å²) in [6.07, 6.45) is 15.4. The lowest BCUT2D eigenvalue weighted by Crippen LogP contribution is -2.50. The molecule has 272 valence electrons. The molecule has 0 radical (unpaired) electrons. The third kappa shape index (κ3) is 10.9. The fourth-order valence-electron chi connectivity index (χ4n) is 7.42. The molecule has 0 aliphatic carbocycles. The van der Waals surface area contributed by atoms with E-state index < -0.39 is 0 Å². The summed E-state index contributed by atoms with van der Waals surface area (Å²) in [6, 6.07) is 2.84. The first-order chi connectivity index (χ1) is 23.6. The van der Waals surface area contributed by atoms with Crippen LogP contribution in [0.25, 0.3) is 0 Å². The van der Waals surface area contributed by atoms with Crippen molar-refractivity contribution in [2.75, 3.05) is 44.7 Å². The van der Waals surface area contributed by atoms with E-state index >= 15 is 0 Å². The molecule has 1 aromatic rings. The number of rotatable bonds is 12. The minimum absolute atomic E-state index is 0.0840. The first-order valence-corrected chi connectivity index (χ1v) is 18.7. The number of likely N-dealkylation sites (tertiary alicyclic amines) is 2. The number of fused-ring (bicyclic) bond motifs is 1. The van der Waals surface area contributed by atoms with E-state index in [0.717, 1.165) is 56.3 Å². The lowest BCUT2D eigenvalue weighted by Gasteiger charge is -2.42. The maximum atomic E-state index is 13.3. The van der Waals surface area contributed by atoms with Gasteiger partial charge in [0.15, 0.2) is 0 Å². The van der Waals surface area contributed by atoms with E-state index in [1.54, 1.807) is 19.2 Å². The van der Waals surface area contributed by atoms with Crippen LogP contribution in [-0.4, -0.2) is 89.8 Å². The Hall–Kier alpha value is -2.72. The number of nitrogens with one attached hydrogen (secondary N) is 1. The van der Waals surface area contributed by atoms with Crippen LogP contribution < -0.4 is 10.2 Å². The van der Waals surface area contributed by atoms with Crippen molar-refractivity contribution >= 4 is 47.0 Å². The van der Waals surface area contributed by atoms with Gasteiger partial charge in [0.25, 0.3) is 5.91 Å². The van der Waals surface area contributed by atoms with Crippen LogP contribution >= 0.6 is 23.2 Å². The van der Waals surface area contributed by atoms with Crippen LogP contribution in [0.2, 0.25) is 5.02 Å². The first kappa shape index (κ1) is 40.7. The number of unbranched alkanes of at least 4 members (excludes halogenated alkanes) is 1. The van der Waals surface area contributed by atoms with Crippen molar-refractivity contribution < 1.29 is 14.7 Å². The molecule has 3 fully saturated rings. The minimum Gasteiger partial charge on any atom is -0.400 e. The number of pyridine rings is 1. The van der Waals surface area contributed by atoms with Crippen molar-refractivity contribution in [1.29, 1.82) is 0 Å². The molecule has 3 unspecified atom stereocenters. The number of hydrogen-bond donors (Lipinski definition) is 2. The summed E-state index contributed by atoms with van der Waals surface area (Å²) in [5.41, 5.74) is 3.21. The van der Waals surface area contributed by atoms with Gasteiger partial charge >= 0.3 is 0 Å². The van der Waals surface area contributed by atoms with Crippen LogP contribution in [0.1, 0.15) is 103 Å². The maximum Gasteiger partial charge on any atom is 0.258 e. The molecule has 0 aromatic carbocycles. The number of allylic oxidation sites excluding steroid dienone is 5. The minimum atomic E-state index is -0.322. The van der Waals surface area contributed by atoms with Gasteiger partial charge in [-0.2, -0.15) is 0 Å². The van der Waals surface area contributed by atoms with E-state index in [9.17, 15) is 9.59 Å². The van der Waals surface area contributed by atoms with Crippen molar-refractivity contribution in [3.63, 3.8) is 0 Å². The smallest absolute Gasteiger partial charge is 0.258 e. The Morgan fingerprint density at radius 1 is 1.14 bits per heavy atom. The van der Waals surface area contributed by atoms with Gasteiger partial charge in [0.2, 0.25) is 0 Å². The third-order valence-corrected chi connectivity index (χ3v) is 10.8. The molecule has 0 spiro atoms. The van der Waals surface area contributed by atoms with Gasteiger partial charge in [-0.25, -0.2) is 9.98 Å². The molecule has 4 rings (SSSR count). The molecule has 0 saturated carbocycles. The number of anilines is 1. The number of aliphatic imine (C=N–C) groups is 1. The molecule has 0 bridgehead atoms. The number of aliphatic hydroxyl groups is 1. The number of piperidine rings is 2. The fourth-order valence-corrected chi connectivity index (χ4v) is 7.87. The number of nitrogens with zero attached hydrogens (tertiary/aromatic N) is 5. The Bertz CT molecular complexity index is 1390. The summed E-state index contributed by atoms with van der Waals surface area (Å²) in [5, 5.41) is 11.0. The van der Waals surface area contributed by atoms with Crippen molar-refractivity contribution in [2.45, 2.75) is 105 Å². The van der Waals surface area contributed by atoms with E-state index in [1.807, 2.05) is 26.0 Å². The van der Waals surface area contributed by atoms with Gasteiger partial charge in [0.05, 0.1) is 16.3 Å². The molecule has 9 nitrogen and oxygen atoms in total. The van der Waals surface area contributed by atoms with Gasteiger partial charge in [-0.15, -0.1) is 0 Å². The quantitative estimate of drug-likeness (QED) is 0.0995. The van der Waals surface area contributed by atoms with Crippen molar-refractivity contribution in [2.24, 2.45) is 16.8 Å². The zero-order valence-corrected chi connectivity index (χ0v) is 32.2. The normalized spacial score (nSPS) is 22.2. The largest absolute Gasteiger partial charge is 0.400 e. The Kier molecular flexibility index (Phi) is 16.8. The number of aldehydes is 1. The average molecular weight is 718 g/mol. The lowest BCUT2D eigenvalue weighted by molar-refractivity contribution is -0.111. The van der Waals surface area contributed by atoms with Crippen molar-refractivity contribution in [3.05, 3.63) is 57.0 Å². The Balaban J connectivity index is 0.00000319. The molecular formula is C38H58Cl2N6O3. The molecule has 2 N–H and O–H groups in total. The second-order valence-corrected chi connectivity index (χ2v) is 14.2. The molecule has 3 aliphatic heterocycles. The van der Waals surface area contributed by atoms with Gasteiger partial charge in [0, 0.05) is 68.2 Å². The van der Waals surface area contributed by atoms with Crippen LogP contribution in [0.4, 0.5) is 5.82 Å². The van der Waals surface area contributed by atoms with Crippen LogP contribution in [-0.2, 0) is 4.79 Å². The van der Waals surface area contributed by atoms with E-state index in [4.69, 9.17) is 33.3 Å². The Morgan fingerprint density at radius 2 is 1.86 bits per heavy atom. The van der Waals surface area contributed by atoms with Gasteiger partial charge in [-0.05, 0) is 96.4 Å². The number of amidine groups is 1. The molecule has 1 amide bonds. The van der Waals surface area contributed by atoms with Crippen LogP contribution in [0.3, 0.4) is 0 Å². The number of aliphatic hydroxyl groups excluding tert-OH is 1.